The zero-order valence-electron chi connectivity index (χ0n) is 29.1. The second-order valence-corrected chi connectivity index (χ2v) is 16.5. The fourth-order valence-corrected chi connectivity index (χ4v) is 11.3. The van der Waals surface area contributed by atoms with Crippen LogP contribution in [0, 0.1) is 0 Å². The molecule has 0 fully saturated rings. The summed E-state index contributed by atoms with van der Waals surface area (Å²) in [5, 5.41) is 15.7. The molecule has 54 heavy (non-hydrogen) atoms. The third-order valence-corrected chi connectivity index (χ3v) is 13.8. The Balaban J connectivity index is 1.03. The van der Waals surface area contributed by atoms with E-state index in [1.165, 1.54) is 117 Å². The van der Waals surface area contributed by atoms with Crippen LogP contribution in [-0.4, -0.2) is 0 Å². The maximum Gasteiger partial charge on any atom is 0.0434 e. The summed E-state index contributed by atoms with van der Waals surface area (Å²) in [6, 6.07) is 67.9. The van der Waals surface area contributed by atoms with Crippen molar-refractivity contribution in [2.45, 2.75) is 0 Å². The van der Waals surface area contributed by atoms with Crippen LogP contribution in [-0.2, 0) is 0 Å². The second-order valence-electron chi connectivity index (χ2n) is 14.4. The van der Waals surface area contributed by atoms with Crippen LogP contribution in [0.2, 0.25) is 0 Å². The molecule has 0 aliphatic rings. The highest BCUT2D eigenvalue weighted by molar-refractivity contribution is 7.27. The number of fused-ring (bicyclic) bond motifs is 12. The molecule has 0 nitrogen and oxygen atoms in total. The summed E-state index contributed by atoms with van der Waals surface area (Å²) in [6.07, 6.45) is 0. The van der Waals surface area contributed by atoms with Crippen LogP contribution < -0.4 is 0 Å². The van der Waals surface area contributed by atoms with Gasteiger partial charge in [0.1, 0.15) is 0 Å². The van der Waals surface area contributed by atoms with Crippen LogP contribution in [0.25, 0.3) is 117 Å². The zero-order valence-corrected chi connectivity index (χ0v) is 30.8. The van der Waals surface area contributed by atoms with Gasteiger partial charge in [-0.05, 0) is 107 Å². The molecule has 12 rings (SSSR count). The Morgan fingerprint density at radius 1 is 0.259 bits per heavy atom. The van der Waals surface area contributed by atoms with E-state index in [0.29, 0.717) is 0 Å². The molecule has 0 aliphatic heterocycles. The molecule has 0 saturated heterocycles. The molecule has 0 saturated carbocycles. The molecular formula is C52H30S2. The summed E-state index contributed by atoms with van der Waals surface area (Å²) >= 11 is 3.81. The lowest BCUT2D eigenvalue weighted by molar-refractivity contribution is 1.63. The van der Waals surface area contributed by atoms with Crippen molar-refractivity contribution < 1.29 is 0 Å². The van der Waals surface area contributed by atoms with Gasteiger partial charge >= 0.3 is 0 Å². The van der Waals surface area contributed by atoms with E-state index in [2.05, 4.69) is 182 Å². The maximum absolute atomic E-state index is 2.41. The maximum atomic E-state index is 2.41. The molecule has 2 heteroatoms. The molecule has 0 amide bonds. The topological polar surface area (TPSA) is 0 Å². The molecule has 250 valence electrons. The minimum atomic E-state index is 1.23. The first-order valence-electron chi connectivity index (χ1n) is 18.5. The van der Waals surface area contributed by atoms with Gasteiger partial charge in [-0.15, -0.1) is 22.7 Å². The number of benzene rings is 10. The Morgan fingerprint density at radius 2 is 0.796 bits per heavy atom. The number of hydrogen-bond donors (Lipinski definition) is 0. The van der Waals surface area contributed by atoms with Gasteiger partial charge in [0.15, 0.2) is 0 Å². The number of hydrogen-bond acceptors (Lipinski definition) is 2. The van der Waals surface area contributed by atoms with Crippen molar-refractivity contribution in [2.24, 2.45) is 0 Å². The average molecular weight is 719 g/mol. The van der Waals surface area contributed by atoms with E-state index in [1.807, 2.05) is 22.7 Å². The summed E-state index contributed by atoms with van der Waals surface area (Å²) in [6.45, 7) is 0. The molecule has 0 N–H and O–H groups in total. The van der Waals surface area contributed by atoms with E-state index in [1.54, 1.807) is 0 Å². The van der Waals surface area contributed by atoms with Gasteiger partial charge in [0.25, 0.3) is 0 Å². The van der Waals surface area contributed by atoms with Crippen molar-refractivity contribution in [3.8, 4) is 33.4 Å². The van der Waals surface area contributed by atoms with E-state index in [9.17, 15) is 0 Å². The van der Waals surface area contributed by atoms with Gasteiger partial charge in [0.2, 0.25) is 0 Å². The van der Waals surface area contributed by atoms with Gasteiger partial charge in [-0.3, -0.25) is 0 Å². The first kappa shape index (κ1) is 30.2. The first-order valence-corrected chi connectivity index (χ1v) is 20.1. The lowest BCUT2D eigenvalue weighted by atomic mass is 9.85. The fraction of sp³-hybridized carbons (Fsp3) is 0. The van der Waals surface area contributed by atoms with Crippen LogP contribution in [0.5, 0.6) is 0 Å². The number of thiophene rings is 2. The summed E-state index contributed by atoms with van der Waals surface area (Å²) in [5.74, 6) is 0. The van der Waals surface area contributed by atoms with Gasteiger partial charge in [-0.2, -0.15) is 0 Å². The van der Waals surface area contributed by atoms with Gasteiger partial charge in [0.05, 0.1) is 0 Å². The summed E-state index contributed by atoms with van der Waals surface area (Å²) in [7, 11) is 0. The molecule has 0 spiro atoms. The van der Waals surface area contributed by atoms with Crippen molar-refractivity contribution in [1.82, 2.24) is 0 Å². The fourth-order valence-electron chi connectivity index (χ4n) is 8.99. The molecule has 0 aliphatic carbocycles. The Kier molecular flexibility index (Phi) is 6.48. The minimum Gasteiger partial charge on any atom is -0.135 e. The summed E-state index contributed by atoms with van der Waals surface area (Å²) < 4.78 is 5.41. The Bertz CT molecular complexity index is 3450. The summed E-state index contributed by atoms with van der Waals surface area (Å²) in [5.41, 5.74) is 7.53. The molecule has 12 aromatic rings. The lowest BCUT2D eigenvalue weighted by Gasteiger charge is -2.18. The Morgan fingerprint density at radius 3 is 1.57 bits per heavy atom. The lowest BCUT2D eigenvalue weighted by Crippen LogP contribution is -1.91. The van der Waals surface area contributed by atoms with Crippen molar-refractivity contribution in [2.75, 3.05) is 0 Å². The second kappa shape index (κ2) is 11.6. The van der Waals surface area contributed by atoms with Gasteiger partial charge in [-0.1, -0.05) is 146 Å². The molecular weight excluding hydrogens is 689 g/mol. The number of rotatable bonds is 3. The molecule has 0 atom stereocenters. The Labute approximate surface area is 319 Å². The van der Waals surface area contributed by atoms with Crippen LogP contribution in [0.15, 0.2) is 182 Å². The third kappa shape index (κ3) is 4.42. The van der Waals surface area contributed by atoms with Crippen LogP contribution in [0.3, 0.4) is 0 Å². The molecule has 10 aromatic carbocycles. The van der Waals surface area contributed by atoms with Crippen molar-refractivity contribution >= 4 is 106 Å². The van der Waals surface area contributed by atoms with Crippen molar-refractivity contribution in [3.63, 3.8) is 0 Å². The monoisotopic (exact) mass is 718 g/mol. The van der Waals surface area contributed by atoms with Crippen molar-refractivity contribution in [3.05, 3.63) is 182 Å². The highest BCUT2D eigenvalue weighted by Gasteiger charge is 2.18. The molecule has 0 bridgehead atoms. The predicted molar refractivity (Wildman–Crippen MR) is 239 cm³/mol. The SMILES string of the molecule is c1cc(-c2ccc3sc4c(ccc5c4ccc4sc6ccccc6c45)c3c2)cc(-c2c3ccccc3c(-c3ccc4ccccc4c3)c3ccccc23)c1. The minimum absolute atomic E-state index is 1.23. The normalized spacial score (nSPS) is 12.1. The van der Waals surface area contributed by atoms with E-state index in [0.717, 1.165) is 0 Å². The van der Waals surface area contributed by atoms with Crippen LogP contribution in [0.4, 0.5) is 0 Å². The smallest absolute Gasteiger partial charge is 0.0434 e. The quantitative estimate of drug-likeness (QED) is 0.160. The Hall–Kier alpha value is -6.32. The van der Waals surface area contributed by atoms with E-state index in [4.69, 9.17) is 0 Å². The molecule has 0 radical (unpaired) electrons. The third-order valence-electron chi connectivity index (χ3n) is 11.4. The molecule has 2 heterocycles. The first-order chi connectivity index (χ1) is 26.8. The van der Waals surface area contributed by atoms with Crippen LogP contribution in [0.1, 0.15) is 0 Å². The highest BCUT2D eigenvalue weighted by atomic mass is 32.1. The largest absolute Gasteiger partial charge is 0.135 e. The molecule has 2 aromatic heterocycles. The molecule has 0 unspecified atom stereocenters. The van der Waals surface area contributed by atoms with Crippen molar-refractivity contribution in [1.29, 1.82) is 0 Å². The predicted octanol–water partition coefficient (Wildman–Crippen LogP) is 16.0. The zero-order chi connectivity index (χ0) is 35.3. The van der Waals surface area contributed by atoms with Gasteiger partial charge in [-0.25, -0.2) is 0 Å². The summed E-state index contributed by atoms with van der Waals surface area (Å²) in [4.78, 5) is 0. The van der Waals surface area contributed by atoms with Gasteiger partial charge < -0.3 is 0 Å². The van der Waals surface area contributed by atoms with E-state index < -0.39 is 0 Å². The highest BCUT2D eigenvalue weighted by Crippen LogP contribution is 2.47. The standard InChI is InChI=1S/C52H30S2/c1-2-11-32-28-36(21-20-31(32)10-1)50-39-16-5-3-14-37(39)49(38-15-4-6-17-40(38)50)35-13-9-12-33(29-35)34-22-26-47-45(30-34)43-24-23-41-42(52(43)54-47)25-27-48-51(41)44-18-7-8-19-46(44)53-48/h1-30H. The van der Waals surface area contributed by atoms with Gasteiger partial charge in [0, 0.05) is 45.7 Å². The average Bonchev–Trinajstić information content (AvgIpc) is 3.81. The van der Waals surface area contributed by atoms with E-state index in [-0.39, 0.29) is 0 Å². The van der Waals surface area contributed by atoms with Crippen LogP contribution >= 0.6 is 22.7 Å². The van der Waals surface area contributed by atoms with E-state index >= 15 is 0 Å².